The summed E-state index contributed by atoms with van der Waals surface area (Å²) in [5.74, 6) is 6.82. The van der Waals surface area contributed by atoms with Crippen LogP contribution in [0.3, 0.4) is 0 Å². The van der Waals surface area contributed by atoms with Crippen molar-refractivity contribution in [3.8, 4) is 34.4 Å². The van der Waals surface area contributed by atoms with E-state index < -0.39 is 24.1 Å². The molecule has 2 aromatic heterocycles. The molecule has 4 aromatic rings. The fraction of sp³-hybridized carbons (Fsp3) is 0.429. The second kappa shape index (κ2) is 17.2. The van der Waals surface area contributed by atoms with E-state index in [9.17, 15) is 19.2 Å². The summed E-state index contributed by atoms with van der Waals surface area (Å²) in [7, 11) is 2.61. The van der Waals surface area contributed by atoms with Crippen molar-refractivity contribution in [3.63, 3.8) is 0 Å². The largest absolute Gasteiger partial charge is 0.465 e. The van der Waals surface area contributed by atoms with Gasteiger partial charge in [-0.05, 0) is 67.3 Å². The topological polar surface area (TPSA) is 189 Å². The standard InChI is InChI=1S/C42H50N8O6/c1-24(2)35(43)39(51)49-19-7-9-33(49)37-45-23-32(47-37)29-18-17-27(30(21-29)41(53)55-5)14-11-26-12-15-28(16-13-26)31-22-44-38(46-31)34-10-8-20-50(34)40(52)36(25(3)4)48-42(54)56-6/h12-13,15-18,21-25,33-36H,7-10,19-20,43H2,1-6H3,(H,44,46)(H,45,47)(H,48,54)/t33-,34-,35-,36-/m0/s1. The number of alkyl carbamates (subject to hydrolysis) is 1. The van der Waals surface area contributed by atoms with Crippen LogP contribution >= 0.6 is 0 Å². The summed E-state index contributed by atoms with van der Waals surface area (Å²) in [5, 5.41) is 2.68. The highest BCUT2D eigenvalue weighted by molar-refractivity contribution is 5.94. The van der Waals surface area contributed by atoms with Crippen molar-refractivity contribution < 1.29 is 28.7 Å². The van der Waals surface area contributed by atoms with E-state index in [4.69, 9.17) is 15.2 Å². The van der Waals surface area contributed by atoms with Gasteiger partial charge in [0, 0.05) is 29.8 Å². The first-order valence-electron chi connectivity index (χ1n) is 19.1. The van der Waals surface area contributed by atoms with Crippen LogP contribution in [0.15, 0.2) is 54.9 Å². The number of hydrogen-bond acceptors (Lipinski definition) is 9. The number of aromatic nitrogens is 4. The minimum absolute atomic E-state index is 0.0303. The number of esters is 1. The molecule has 14 nitrogen and oxygen atoms in total. The third-order valence-electron chi connectivity index (χ3n) is 10.6. The van der Waals surface area contributed by atoms with Crippen LogP contribution in [0.2, 0.25) is 0 Å². The highest BCUT2D eigenvalue weighted by Crippen LogP contribution is 2.34. The Morgan fingerprint density at radius 1 is 0.786 bits per heavy atom. The van der Waals surface area contributed by atoms with Crippen LogP contribution < -0.4 is 11.1 Å². The number of carbonyl (C=O) groups excluding carboxylic acids is 4. The van der Waals surface area contributed by atoms with E-state index in [2.05, 4.69) is 37.1 Å². The van der Waals surface area contributed by atoms with Crippen LogP contribution in [0.5, 0.6) is 0 Å². The molecule has 0 aliphatic carbocycles. The summed E-state index contributed by atoms with van der Waals surface area (Å²) in [6.45, 7) is 8.85. The highest BCUT2D eigenvalue weighted by atomic mass is 16.5. The molecule has 2 fully saturated rings. The number of benzene rings is 2. The van der Waals surface area contributed by atoms with E-state index in [1.54, 1.807) is 29.4 Å². The molecule has 0 saturated carbocycles. The van der Waals surface area contributed by atoms with E-state index >= 15 is 0 Å². The summed E-state index contributed by atoms with van der Waals surface area (Å²) >= 11 is 0. The molecule has 14 heteroatoms. The number of aromatic amines is 2. The minimum atomic E-state index is -0.709. The van der Waals surface area contributed by atoms with Crippen LogP contribution in [-0.4, -0.2) is 93.0 Å². The average Bonchev–Trinajstić information content (AvgIpc) is 4.05. The molecular weight excluding hydrogens is 713 g/mol. The van der Waals surface area contributed by atoms with Gasteiger partial charge in [-0.1, -0.05) is 57.7 Å². The molecule has 0 bridgehead atoms. The molecule has 0 radical (unpaired) electrons. The van der Waals surface area contributed by atoms with Crippen molar-refractivity contribution in [2.45, 2.75) is 77.5 Å². The predicted octanol–water partition coefficient (Wildman–Crippen LogP) is 5.34. The molecule has 6 rings (SSSR count). The van der Waals surface area contributed by atoms with Gasteiger partial charge in [0.2, 0.25) is 11.8 Å². The average molecular weight is 763 g/mol. The lowest BCUT2D eigenvalue weighted by atomic mass is 10.0. The Morgan fingerprint density at radius 2 is 1.36 bits per heavy atom. The molecule has 0 spiro atoms. The quantitative estimate of drug-likeness (QED) is 0.122. The van der Waals surface area contributed by atoms with Gasteiger partial charge < -0.3 is 40.3 Å². The van der Waals surface area contributed by atoms with E-state index in [1.165, 1.54) is 14.2 Å². The number of ether oxygens (including phenoxy) is 2. The van der Waals surface area contributed by atoms with Gasteiger partial charge in [-0.15, -0.1) is 0 Å². The van der Waals surface area contributed by atoms with E-state index in [1.807, 2.05) is 62.9 Å². The molecule has 2 aliphatic rings. The molecule has 2 saturated heterocycles. The van der Waals surface area contributed by atoms with Crippen LogP contribution in [0, 0.1) is 23.7 Å². The van der Waals surface area contributed by atoms with Crippen molar-refractivity contribution in [3.05, 3.63) is 83.2 Å². The monoisotopic (exact) mass is 762 g/mol. The number of H-pyrrole nitrogens is 2. The fourth-order valence-electron chi connectivity index (χ4n) is 7.26. The van der Waals surface area contributed by atoms with Crippen LogP contribution in [0.1, 0.15) is 98.6 Å². The second-order valence-electron chi connectivity index (χ2n) is 15.0. The summed E-state index contributed by atoms with van der Waals surface area (Å²) in [5.41, 5.74) is 10.9. The Morgan fingerprint density at radius 3 is 1.91 bits per heavy atom. The molecule has 3 amide bonds. The van der Waals surface area contributed by atoms with Crippen molar-refractivity contribution >= 4 is 23.9 Å². The summed E-state index contributed by atoms with van der Waals surface area (Å²) < 4.78 is 9.86. The van der Waals surface area contributed by atoms with Crippen molar-refractivity contribution in [2.75, 3.05) is 27.3 Å². The molecule has 294 valence electrons. The van der Waals surface area contributed by atoms with Crippen molar-refractivity contribution in [2.24, 2.45) is 17.6 Å². The number of rotatable bonds is 10. The molecule has 2 aliphatic heterocycles. The third-order valence-corrected chi connectivity index (χ3v) is 10.6. The third kappa shape index (κ3) is 8.48. The molecule has 5 N–H and O–H groups in total. The first kappa shape index (κ1) is 39.7. The van der Waals surface area contributed by atoms with Gasteiger partial charge >= 0.3 is 12.1 Å². The van der Waals surface area contributed by atoms with Gasteiger partial charge in [0.1, 0.15) is 17.7 Å². The number of imidazole rings is 2. The van der Waals surface area contributed by atoms with Crippen LogP contribution in [0.4, 0.5) is 4.79 Å². The first-order chi connectivity index (χ1) is 26.9. The number of likely N-dealkylation sites (tertiary alicyclic amines) is 2. The van der Waals surface area contributed by atoms with Crippen molar-refractivity contribution in [1.29, 1.82) is 0 Å². The lowest BCUT2D eigenvalue weighted by molar-refractivity contribution is -0.136. The summed E-state index contributed by atoms with van der Waals surface area (Å²) in [6, 6.07) is 11.3. The van der Waals surface area contributed by atoms with Gasteiger partial charge in [0.25, 0.3) is 0 Å². The molecule has 2 aromatic carbocycles. The van der Waals surface area contributed by atoms with Gasteiger partial charge in [-0.2, -0.15) is 0 Å². The zero-order chi connectivity index (χ0) is 40.1. The van der Waals surface area contributed by atoms with Gasteiger partial charge in [-0.3, -0.25) is 9.59 Å². The van der Waals surface area contributed by atoms with Gasteiger partial charge in [0.05, 0.1) is 61.7 Å². The number of nitrogens with two attached hydrogens (primary N) is 1. The Hall–Kier alpha value is -5.94. The van der Waals surface area contributed by atoms with Crippen LogP contribution in [-0.2, 0) is 19.1 Å². The summed E-state index contributed by atoms with van der Waals surface area (Å²) in [6.07, 6.45) is 6.05. The number of hydrogen-bond donors (Lipinski definition) is 4. The molecule has 4 atom stereocenters. The lowest BCUT2D eigenvalue weighted by Gasteiger charge is -2.30. The highest BCUT2D eigenvalue weighted by Gasteiger charge is 2.38. The Labute approximate surface area is 326 Å². The minimum Gasteiger partial charge on any atom is -0.465 e. The van der Waals surface area contributed by atoms with Gasteiger partial charge in [0.15, 0.2) is 0 Å². The molecule has 56 heavy (non-hydrogen) atoms. The Bertz CT molecular complexity index is 2130. The van der Waals surface area contributed by atoms with Crippen LogP contribution in [0.25, 0.3) is 22.5 Å². The van der Waals surface area contributed by atoms with E-state index in [0.717, 1.165) is 48.1 Å². The smallest absolute Gasteiger partial charge is 0.407 e. The van der Waals surface area contributed by atoms with E-state index in [-0.39, 0.29) is 35.7 Å². The maximum Gasteiger partial charge on any atom is 0.407 e. The molecule has 4 heterocycles. The van der Waals surface area contributed by atoms with Crippen molar-refractivity contribution in [1.82, 2.24) is 35.1 Å². The first-order valence-corrected chi connectivity index (χ1v) is 19.1. The second-order valence-corrected chi connectivity index (χ2v) is 15.0. The normalized spacial score (nSPS) is 17.7. The number of methoxy groups -OCH3 is 2. The molecule has 0 unspecified atom stereocenters. The van der Waals surface area contributed by atoms with Gasteiger partial charge in [-0.25, -0.2) is 19.6 Å². The summed E-state index contributed by atoms with van der Waals surface area (Å²) in [4.78, 5) is 71.1. The van der Waals surface area contributed by atoms with E-state index in [0.29, 0.717) is 41.6 Å². The lowest BCUT2D eigenvalue weighted by Crippen LogP contribution is -2.51. The zero-order valence-corrected chi connectivity index (χ0v) is 32.7. The predicted molar refractivity (Wildman–Crippen MR) is 210 cm³/mol. The maximum atomic E-state index is 13.5. The molecular formula is C42H50N8O6. The Balaban J connectivity index is 1.16. The maximum absolute atomic E-state index is 13.5. The number of nitrogens with one attached hydrogen (secondary N) is 3. The Kier molecular flexibility index (Phi) is 12.2. The number of nitrogens with zero attached hydrogens (tertiary/aromatic N) is 4. The number of amides is 3. The fourth-order valence-corrected chi connectivity index (χ4v) is 7.26. The zero-order valence-electron chi connectivity index (χ0n) is 32.7. The SMILES string of the molecule is COC(=O)N[C@H](C(=O)N1CCC[C@H]1c1ncc(-c2ccc(C#Cc3ccc(-c4cnc([C@@H]5CCCN5C(=O)[C@@H](N)C(C)C)[nH]4)cc3C(=O)OC)cc2)[nH]1)C(C)C. The number of carbonyl (C=O) groups is 4.